The van der Waals surface area contributed by atoms with Gasteiger partial charge in [-0.05, 0) is 31.2 Å². The van der Waals surface area contributed by atoms with Crippen LogP contribution < -0.4 is 5.32 Å². The van der Waals surface area contributed by atoms with Crippen LogP contribution in [0.4, 0.5) is 5.82 Å². The number of methoxy groups -OCH3 is 1. The first-order valence-electron chi connectivity index (χ1n) is 5.61. The number of thioether (sulfide) groups is 1. The second-order valence-electron chi connectivity index (χ2n) is 4.03. The minimum atomic E-state index is -0.335. The molecular formula is C12H16N2O2S. The van der Waals surface area contributed by atoms with Gasteiger partial charge in [-0.15, -0.1) is 0 Å². The maximum absolute atomic E-state index is 11.4. The first-order valence-corrected chi connectivity index (χ1v) is 6.76. The summed E-state index contributed by atoms with van der Waals surface area (Å²) in [5.41, 5.74) is 1.23. The van der Waals surface area contributed by atoms with Crippen molar-refractivity contribution in [2.45, 2.75) is 19.4 Å². The topological polar surface area (TPSA) is 51.2 Å². The SMILES string of the molecule is COC(=O)c1ccc(NC2CCSC2)nc1C. The maximum atomic E-state index is 11.4. The number of rotatable bonds is 3. The standard InChI is InChI=1S/C12H16N2O2S/c1-8-10(12(15)16-2)3-4-11(13-8)14-9-5-6-17-7-9/h3-4,9H,5-7H2,1-2H3,(H,13,14). The van der Waals surface area contributed by atoms with E-state index in [4.69, 9.17) is 0 Å². The molecular weight excluding hydrogens is 236 g/mol. The predicted molar refractivity (Wildman–Crippen MR) is 69.7 cm³/mol. The number of carbonyl (C=O) groups is 1. The molecule has 1 atom stereocenters. The van der Waals surface area contributed by atoms with E-state index in [1.165, 1.54) is 19.3 Å². The van der Waals surface area contributed by atoms with Gasteiger partial charge in [-0.3, -0.25) is 0 Å². The third kappa shape index (κ3) is 2.91. The number of aryl methyl sites for hydroxylation is 1. The molecule has 2 rings (SSSR count). The summed E-state index contributed by atoms with van der Waals surface area (Å²) in [7, 11) is 1.38. The van der Waals surface area contributed by atoms with Crippen molar-refractivity contribution < 1.29 is 9.53 Å². The Bertz CT molecular complexity index is 417. The Morgan fingerprint density at radius 3 is 3.00 bits per heavy atom. The Labute approximate surface area is 105 Å². The normalized spacial score (nSPS) is 19.1. The minimum Gasteiger partial charge on any atom is -0.465 e. The van der Waals surface area contributed by atoms with Crippen LogP contribution in [-0.4, -0.2) is 35.6 Å². The van der Waals surface area contributed by atoms with E-state index in [0.29, 0.717) is 17.3 Å². The number of nitrogens with zero attached hydrogens (tertiary/aromatic N) is 1. The second kappa shape index (κ2) is 5.40. The van der Waals surface area contributed by atoms with Crippen molar-refractivity contribution in [3.8, 4) is 0 Å². The molecule has 0 radical (unpaired) electrons. The average molecular weight is 252 g/mol. The smallest absolute Gasteiger partial charge is 0.339 e. The third-order valence-electron chi connectivity index (χ3n) is 2.77. The molecule has 1 aliphatic rings. The Morgan fingerprint density at radius 1 is 1.59 bits per heavy atom. The molecule has 0 aromatic carbocycles. The molecule has 1 saturated heterocycles. The molecule has 1 N–H and O–H groups in total. The van der Waals surface area contributed by atoms with Gasteiger partial charge in [-0.1, -0.05) is 0 Å². The first-order chi connectivity index (χ1) is 8.20. The molecule has 0 amide bonds. The molecule has 5 heteroatoms. The summed E-state index contributed by atoms with van der Waals surface area (Å²) in [4.78, 5) is 15.8. The van der Waals surface area contributed by atoms with Gasteiger partial charge in [-0.25, -0.2) is 9.78 Å². The summed E-state index contributed by atoms with van der Waals surface area (Å²) in [6, 6.07) is 4.09. The van der Waals surface area contributed by atoms with E-state index in [2.05, 4.69) is 15.0 Å². The van der Waals surface area contributed by atoms with Crippen molar-refractivity contribution in [1.82, 2.24) is 4.98 Å². The summed E-state index contributed by atoms with van der Waals surface area (Å²) >= 11 is 1.95. The number of hydrogen-bond donors (Lipinski definition) is 1. The number of ether oxygens (including phenoxy) is 1. The van der Waals surface area contributed by atoms with Gasteiger partial charge in [0.2, 0.25) is 0 Å². The molecule has 92 valence electrons. The lowest BCUT2D eigenvalue weighted by Gasteiger charge is -2.13. The van der Waals surface area contributed by atoms with E-state index in [1.54, 1.807) is 6.07 Å². The number of anilines is 1. The van der Waals surface area contributed by atoms with Crippen molar-refractivity contribution >= 4 is 23.5 Å². The van der Waals surface area contributed by atoms with Crippen LogP contribution in [0.5, 0.6) is 0 Å². The Hall–Kier alpha value is -1.23. The summed E-state index contributed by atoms with van der Waals surface area (Å²) in [5, 5.41) is 3.38. The fourth-order valence-electron chi connectivity index (χ4n) is 1.82. The van der Waals surface area contributed by atoms with Gasteiger partial charge < -0.3 is 10.1 Å². The molecule has 0 bridgehead atoms. The van der Waals surface area contributed by atoms with Crippen LogP contribution in [-0.2, 0) is 4.74 Å². The summed E-state index contributed by atoms with van der Waals surface area (Å²) in [6.07, 6.45) is 1.17. The van der Waals surface area contributed by atoms with Crippen LogP contribution in [0.2, 0.25) is 0 Å². The lowest BCUT2D eigenvalue weighted by atomic mass is 10.2. The number of pyridine rings is 1. The van der Waals surface area contributed by atoms with Crippen molar-refractivity contribution in [3.05, 3.63) is 23.4 Å². The summed E-state index contributed by atoms with van der Waals surface area (Å²) in [5.74, 6) is 2.83. The quantitative estimate of drug-likeness (QED) is 0.835. The summed E-state index contributed by atoms with van der Waals surface area (Å²) < 4.78 is 4.69. The maximum Gasteiger partial charge on any atom is 0.339 e. The fraction of sp³-hybridized carbons (Fsp3) is 0.500. The average Bonchev–Trinajstić information content (AvgIpc) is 2.81. The molecule has 1 unspecified atom stereocenters. The van der Waals surface area contributed by atoms with Crippen LogP contribution in [0.1, 0.15) is 22.5 Å². The van der Waals surface area contributed by atoms with E-state index >= 15 is 0 Å². The predicted octanol–water partition coefficient (Wildman–Crippen LogP) is 2.09. The third-order valence-corrected chi connectivity index (χ3v) is 3.94. The number of esters is 1. The van der Waals surface area contributed by atoms with E-state index in [9.17, 15) is 4.79 Å². The van der Waals surface area contributed by atoms with Gasteiger partial charge in [0.1, 0.15) is 5.82 Å². The molecule has 17 heavy (non-hydrogen) atoms. The zero-order valence-corrected chi connectivity index (χ0v) is 10.8. The molecule has 4 nitrogen and oxygen atoms in total. The van der Waals surface area contributed by atoms with Crippen LogP contribution in [0, 0.1) is 6.92 Å². The summed E-state index contributed by atoms with van der Waals surface area (Å²) in [6.45, 7) is 1.82. The molecule has 1 aromatic rings. The van der Waals surface area contributed by atoms with Crippen molar-refractivity contribution in [2.24, 2.45) is 0 Å². The van der Waals surface area contributed by atoms with Crippen molar-refractivity contribution in [1.29, 1.82) is 0 Å². The highest BCUT2D eigenvalue weighted by Crippen LogP contribution is 2.21. The minimum absolute atomic E-state index is 0.335. The van der Waals surface area contributed by atoms with Crippen LogP contribution in [0.15, 0.2) is 12.1 Å². The largest absolute Gasteiger partial charge is 0.465 e. The van der Waals surface area contributed by atoms with Gasteiger partial charge in [-0.2, -0.15) is 11.8 Å². The number of carbonyl (C=O) groups excluding carboxylic acids is 1. The number of aromatic nitrogens is 1. The molecule has 0 aliphatic carbocycles. The van der Waals surface area contributed by atoms with E-state index < -0.39 is 0 Å². The molecule has 1 aliphatic heterocycles. The lowest BCUT2D eigenvalue weighted by molar-refractivity contribution is 0.0599. The molecule has 0 spiro atoms. The van der Waals surface area contributed by atoms with Crippen LogP contribution >= 0.6 is 11.8 Å². The number of nitrogens with one attached hydrogen (secondary N) is 1. The van der Waals surface area contributed by atoms with E-state index in [-0.39, 0.29) is 5.97 Å². The highest BCUT2D eigenvalue weighted by Gasteiger charge is 2.16. The Kier molecular flexibility index (Phi) is 3.89. The monoisotopic (exact) mass is 252 g/mol. The van der Waals surface area contributed by atoms with Gasteiger partial charge >= 0.3 is 5.97 Å². The molecule has 1 fully saturated rings. The van der Waals surface area contributed by atoms with Crippen molar-refractivity contribution in [2.75, 3.05) is 23.9 Å². The molecule has 0 saturated carbocycles. The fourth-order valence-corrected chi connectivity index (χ4v) is 2.98. The van der Waals surface area contributed by atoms with E-state index in [0.717, 1.165) is 11.6 Å². The Morgan fingerprint density at radius 2 is 2.41 bits per heavy atom. The van der Waals surface area contributed by atoms with Gasteiger partial charge in [0.25, 0.3) is 0 Å². The van der Waals surface area contributed by atoms with Gasteiger partial charge in [0.05, 0.1) is 18.4 Å². The van der Waals surface area contributed by atoms with Gasteiger partial charge in [0, 0.05) is 11.8 Å². The zero-order valence-electron chi connectivity index (χ0n) is 10.0. The van der Waals surface area contributed by atoms with Crippen LogP contribution in [0.3, 0.4) is 0 Å². The molecule has 2 heterocycles. The lowest BCUT2D eigenvalue weighted by Crippen LogP contribution is -2.19. The van der Waals surface area contributed by atoms with Crippen molar-refractivity contribution in [3.63, 3.8) is 0 Å². The Balaban J connectivity index is 2.10. The van der Waals surface area contributed by atoms with Gasteiger partial charge in [0.15, 0.2) is 0 Å². The first kappa shape index (κ1) is 12.2. The highest BCUT2D eigenvalue weighted by molar-refractivity contribution is 7.99. The number of hydrogen-bond acceptors (Lipinski definition) is 5. The van der Waals surface area contributed by atoms with E-state index in [1.807, 2.05) is 24.8 Å². The second-order valence-corrected chi connectivity index (χ2v) is 5.18. The van der Waals surface area contributed by atoms with Crippen LogP contribution in [0.25, 0.3) is 0 Å². The zero-order chi connectivity index (χ0) is 12.3. The highest BCUT2D eigenvalue weighted by atomic mass is 32.2. The molecule has 1 aromatic heterocycles.